The van der Waals surface area contributed by atoms with E-state index in [9.17, 15) is 9.59 Å². The standard InChI is InChI=1S/C16H20N4O2S2/c1-10(2)17-14(21)9-20-6-5-11-13(8-20)24-16(18-11)19-15(22)12-4-3-7-23-12/h3-4,7,10H,5-6,8-9H2,1-2H3,(H,17,21)(H,18,19,22). The molecule has 0 aromatic carbocycles. The number of carbonyl (C=O) groups excluding carboxylic acids is 2. The van der Waals surface area contributed by atoms with Crippen molar-refractivity contribution in [2.75, 3.05) is 18.4 Å². The van der Waals surface area contributed by atoms with E-state index in [0.717, 1.165) is 23.5 Å². The van der Waals surface area contributed by atoms with E-state index in [1.807, 2.05) is 25.3 Å². The van der Waals surface area contributed by atoms with E-state index in [2.05, 4.69) is 20.5 Å². The van der Waals surface area contributed by atoms with E-state index in [1.54, 1.807) is 6.07 Å². The molecule has 0 saturated heterocycles. The first-order chi connectivity index (χ1) is 11.5. The highest BCUT2D eigenvalue weighted by molar-refractivity contribution is 7.16. The van der Waals surface area contributed by atoms with Gasteiger partial charge in [0.25, 0.3) is 5.91 Å². The maximum atomic E-state index is 12.1. The van der Waals surface area contributed by atoms with Crippen LogP contribution in [-0.2, 0) is 17.8 Å². The van der Waals surface area contributed by atoms with Crippen molar-refractivity contribution in [3.8, 4) is 0 Å². The molecule has 0 aliphatic carbocycles. The highest BCUT2D eigenvalue weighted by atomic mass is 32.1. The molecule has 2 amide bonds. The number of nitrogens with zero attached hydrogens (tertiary/aromatic N) is 2. The van der Waals surface area contributed by atoms with Crippen LogP contribution >= 0.6 is 22.7 Å². The number of hydrogen-bond donors (Lipinski definition) is 2. The second-order valence-corrected chi connectivity index (χ2v) is 8.03. The van der Waals surface area contributed by atoms with Gasteiger partial charge < -0.3 is 5.32 Å². The number of thiophene rings is 1. The number of hydrogen-bond acceptors (Lipinski definition) is 6. The zero-order valence-corrected chi connectivity index (χ0v) is 15.3. The minimum Gasteiger partial charge on any atom is -0.353 e. The summed E-state index contributed by atoms with van der Waals surface area (Å²) in [6.07, 6.45) is 0.801. The van der Waals surface area contributed by atoms with Crippen molar-refractivity contribution in [3.05, 3.63) is 33.0 Å². The smallest absolute Gasteiger partial charge is 0.267 e. The highest BCUT2D eigenvalue weighted by Crippen LogP contribution is 2.28. The van der Waals surface area contributed by atoms with Crippen molar-refractivity contribution in [2.45, 2.75) is 32.9 Å². The van der Waals surface area contributed by atoms with Gasteiger partial charge in [0.1, 0.15) is 0 Å². The third-order valence-electron chi connectivity index (χ3n) is 3.59. The minimum atomic E-state index is -0.121. The van der Waals surface area contributed by atoms with E-state index in [4.69, 9.17) is 0 Å². The second kappa shape index (κ2) is 7.42. The van der Waals surface area contributed by atoms with Gasteiger partial charge in [0.2, 0.25) is 5.91 Å². The van der Waals surface area contributed by atoms with E-state index < -0.39 is 0 Å². The van der Waals surface area contributed by atoms with Crippen LogP contribution in [-0.4, -0.2) is 40.8 Å². The van der Waals surface area contributed by atoms with Gasteiger partial charge in [-0.15, -0.1) is 22.7 Å². The van der Waals surface area contributed by atoms with Crippen LogP contribution in [0.15, 0.2) is 17.5 Å². The molecular formula is C16H20N4O2S2. The summed E-state index contributed by atoms with van der Waals surface area (Å²) >= 11 is 2.90. The zero-order valence-electron chi connectivity index (χ0n) is 13.7. The fraction of sp³-hybridized carbons (Fsp3) is 0.438. The normalized spacial score (nSPS) is 14.5. The fourth-order valence-corrected chi connectivity index (χ4v) is 4.24. The van der Waals surface area contributed by atoms with E-state index in [0.29, 0.717) is 23.1 Å². The summed E-state index contributed by atoms with van der Waals surface area (Å²) in [6.45, 7) is 5.82. The fourth-order valence-electron chi connectivity index (χ4n) is 2.57. The number of thiazole rings is 1. The van der Waals surface area contributed by atoms with Crippen molar-refractivity contribution in [1.82, 2.24) is 15.2 Å². The number of fused-ring (bicyclic) bond motifs is 1. The highest BCUT2D eigenvalue weighted by Gasteiger charge is 2.23. The SMILES string of the molecule is CC(C)NC(=O)CN1CCc2nc(NC(=O)c3cccs3)sc2C1. The van der Waals surface area contributed by atoms with Gasteiger partial charge in [-0.3, -0.25) is 19.8 Å². The lowest BCUT2D eigenvalue weighted by Gasteiger charge is -2.25. The number of nitrogens with one attached hydrogen (secondary N) is 2. The topological polar surface area (TPSA) is 74.3 Å². The van der Waals surface area contributed by atoms with Gasteiger partial charge in [-0.2, -0.15) is 0 Å². The van der Waals surface area contributed by atoms with E-state index in [-0.39, 0.29) is 17.9 Å². The van der Waals surface area contributed by atoms with Crippen LogP contribution in [0.4, 0.5) is 5.13 Å². The molecule has 8 heteroatoms. The monoisotopic (exact) mass is 364 g/mol. The Balaban J connectivity index is 1.60. The van der Waals surface area contributed by atoms with Crippen LogP contribution < -0.4 is 10.6 Å². The van der Waals surface area contributed by atoms with Gasteiger partial charge in [-0.25, -0.2) is 4.98 Å². The first-order valence-electron chi connectivity index (χ1n) is 7.86. The average molecular weight is 364 g/mol. The minimum absolute atomic E-state index is 0.0455. The summed E-state index contributed by atoms with van der Waals surface area (Å²) in [7, 11) is 0. The molecule has 2 aromatic rings. The average Bonchev–Trinajstić information content (AvgIpc) is 3.14. The molecule has 0 fully saturated rings. The van der Waals surface area contributed by atoms with Gasteiger partial charge in [0.15, 0.2) is 5.13 Å². The first kappa shape index (κ1) is 17.1. The molecule has 3 rings (SSSR count). The lowest BCUT2D eigenvalue weighted by atomic mass is 10.2. The number of anilines is 1. The van der Waals surface area contributed by atoms with Crippen molar-refractivity contribution in [3.63, 3.8) is 0 Å². The number of aromatic nitrogens is 1. The third kappa shape index (κ3) is 4.19. The molecule has 1 aliphatic heterocycles. The van der Waals surface area contributed by atoms with E-state index in [1.165, 1.54) is 22.7 Å². The third-order valence-corrected chi connectivity index (χ3v) is 5.46. The summed E-state index contributed by atoms with van der Waals surface area (Å²) in [5.41, 5.74) is 1.03. The Morgan fingerprint density at radius 1 is 1.42 bits per heavy atom. The Bertz CT molecular complexity index is 725. The largest absolute Gasteiger partial charge is 0.353 e. The predicted octanol–water partition coefficient (Wildman–Crippen LogP) is 2.34. The van der Waals surface area contributed by atoms with Crippen LogP contribution in [0.3, 0.4) is 0 Å². The zero-order chi connectivity index (χ0) is 17.1. The molecule has 2 aromatic heterocycles. The van der Waals surface area contributed by atoms with Gasteiger partial charge in [0.05, 0.1) is 17.1 Å². The summed E-state index contributed by atoms with van der Waals surface area (Å²) < 4.78 is 0. The van der Waals surface area contributed by atoms with Gasteiger partial charge in [0, 0.05) is 30.4 Å². The molecule has 128 valence electrons. The molecule has 0 radical (unpaired) electrons. The maximum absolute atomic E-state index is 12.1. The molecule has 1 aliphatic rings. The van der Waals surface area contributed by atoms with Crippen molar-refractivity contribution in [2.24, 2.45) is 0 Å². The molecule has 2 N–H and O–H groups in total. The number of rotatable bonds is 5. The first-order valence-corrected chi connectivity index (χ1v) is 9.56. The lowest BCUT2D eigenvalue weighted by Crippen LogP contribution is -2.41. The van der Waals surface area contributed by atoms with E-state index >= 15 is 0 Å². The molecule has 6 nitrogen and oxygen atoms in total. The van der Waals surface area contributed by atoms with Crippen molar-refractivity contribution >= 4 is 39.6 Å². The Kier molecular flexibility index (Phi) is 5.27. The van der Waals surface area contributed by atoms with Crippen molar-refractivity contribution in [1.29, 1.82) is 0 Å². The molecule has 0 spiro atoms. The predicted molar refractivity (Wildman–Crippen MR) is 96.6 cm³/mol. The number of amides is 2. The summed E-state index contributed by atoms with van der Waals surface area (Å²) in [6, 6.07) is 3.80. The van der Waals surface area contributed by atoms with Crippen molar-refractivity contribution < 1.29 is 9.59 Å². The van der Waals surface area contributed by atoms with Crippen LogP contribution in [0, 0.1) is 0 Å². The van der Waals surface area contributed by atoms with Crippen LogP contribution in [0.1, 0.15) is 34.1 Å². The lowest BCUT2D eigenvalue weighted by molar-refractivity contribution is -0.122. The summed E-state index contributed by atoms with van der Waals surface area (Å²) in [5.74, 6) is -0.0755. The molecule has 3 heterocycles. The van der Waals surface area contributed by atoms with Crippen LogP contribution in [0.2, 0.25) is 0 Å². The summed E-state index contributed by atoms with van der Waals surface area (Å²) in [4.78, 5) is 32.4. The van der Waals surface area contributed by atoms with Crippen LogP contribution in [0.25, 0.3) is 0 Å². The number of carbonyl (C=O) groups is 2. The molecular weight excluding hydrogens is 344 g/mol. The Labute approximate surface area is 148 Å². The van der Waals surface area contributed by atoms with Gasteiger partial charge >= 0.3 is 0 Å². The molecule has 0 atom stereocenters. The Morgan fingerprint density at radius 2 is 2.25 bits per heavy atom. The second-order valence-electron chi connectivity index (χ2n) is 6.00. The quantitative estimate of drug-likeness (QED) is 0.854. The molecule has 0 unspecified atom stereocenters. The summed E-state index contributed by atoms with van der Waals surface area (Å²) in [5, 5.41) is 8.28. The van der Waals surface area contributed by atoms with Gasteiger partial charge in [-0.05, 0) is 25.3 Å². The maximum Gasteiger partial charge on any atom is 0.267 e. The Hall–Kier alpha value is -1.77. The van der Waals surface area contributed by atoms with Crippen LogP contribution in [0.5, 0.6) is 0 Å². The molecule has 0 bridgehead atoms. The Morgan fingerprint density at radius 3 is 2.96 bits per heavy atom. The molecule has 24 heavy (non-hydrogen) atoms. The molecule has 0 saturated carbocycles. The van der Waals surface area contributed by atoms with Gasteiger partial charge in [-0.1, -0.05) is 6.07 Å².